The number of benzene rings is 2. The molecule has 2 heterocycles. The first kappa shape index (κ1) is 20.6. The maximum absolute atomic E-state index is 12.9. The number of aryl methyl sites for hydroxylation is 1. The Kier molecular flexibility index (Phi) is 5.95. The summed E-state index contributed by atoms with van der Waals surface area (Å²) in [5, 5.41) is 5.56. The first-order valence-corrected chi connectivity index (χ1v) is 10.6. The normalized spacial score (nSPS) is 10.6. The standard InChI is InChI=1S/C24H21N3O3S/c1-16-14-20(17(2)27(16)24-25-12-13-31-24)21(28)15-30-22-11-7-6-10-19(22)23(29)26-18-8-4-3-5-9-18/h3-14H,15H2,1-2H3,(H,26,29). The molecule has 0 aliphatic rings. The molecule has 4 aromatic rings. The quantitative estimate of drug-likeness (QED) is 0.415. The number of nitrogens with zero attached hydrogens (tertiary/aromatic N) is 2. The van der Waals surface area contributed by atoms with Crippen molar-refractivity contribution in [3.8, 4) is 10.9 Å². The number of nitrogens with one attached hydrogen (secondary N) is 1. The van der Waals surface area contributed by atoms with Gasteiger partial charge >= 0.3 is 0 Å². The molecule has 156 valence electrons. The molecule has 0 aliphatic carbocycles. The van der Waals surface area contributed by atoms with Crippen molar-refractivity contribution in [3.05, 3.63) is 94.8 Å². The summed E-state index contributed by atoms with van der Waals surface area (Å²) in [6.45, 7) is 3.66. The van der Waals surface area contributed by atoms with Crippen LogP contribution in [0.3, 0.4) is 0 Å². The van der Waals surface area contributed by atoms with Gasteiger partial charge in [0.05, 0.1) is 5.56 Å². The van der Waals surface area contributed by atoms with Gasteiger partial charge in [-0.15, -0.1) is 11.3 Å². The fourth-order valence-corrected chi connectivity index (χ4v) is 4.14. The van der Waals surface area contributed by atoms with Crippen LogP contribution in [0.1, 0.15) is 32.1 Å². The first-order valence-electron chi connectivity index (χ1n) is 9.75. The molecule has 2 aromatic heterocycles. The van der Waals surface area contributed by atoms with Gasteiger partial charge in [0.1, 0.15) is 5.75 Å². The summed E-state index contributed by atoms with van der Waals surface area (Å²) >= 11 is 1.51. The number of para-hydroxylation sites is 2. The molecule has 0 spiro atoms. The van der Waals surface area contributed by atoms with Crippen LogP contribution in [0.25, 0.3) is 5.13 Å². The van der Waals surface area contributed by atoms with Crippen LogP contribution in [0.4, 0.5) is 5.69 Å². The van der Waals surface area contributed by atoms with E-state index in [1.54, 1.807) is 30.5 Å². The Bertz CT molecular complexity index is 1210. The molecule has 7 heteroatoms. The fourth-order valence-electron chi connectivity index (χ4n) is 3.39. The third kappa shape index (κ3) is 4.41. The lowest BCUT2D eigenvalue weighted by molar-refractivity contribution is 0.0913. The summed E-state index contributed by atoms with van der Waals surface area (Å²) in [7, 11) is 0. The van der Waals surface area contributed by atoms with Crippen molar-refractivity contribution < 1.29 is 14.3 Å². The molecule has 0 aliphatic heterocycles. The second-order valence-electron chi connectivity index (χ2n) is 6.96. The summed E-state index contributed by atoms with van der Waals surface area (Å²) in [5.74, 6) is -0.0941. The number of ether oxygens (including phenoxy) is 1. The summed E-state index contributed by atoms with van der Waals surface area (Å²) in [6.07, 6.45) is 1.74. The van der Waals surface area contributed by atoms with Gasteiger partial charge in [0.2, 0.25) is 5.78 Å². The van der Waals surface area contributed by atoms with Crippen molar-refractivity contribution >= 4 is 28.7 Å². The minimum absolute atomic E-state index is 0.158. The van der Waals surface area contributed by atoms with Gasteiger partial charge in [0.25, 0.3) is 5.91 Å². The van der Waals surface area contributed by atoms with E-state index in [0.29, 0.717) is 22.6 Å². The molecule has 0 unspecified atom stereocenters. The van der Waals surface area contributed by atoms with E-state index in [-0.39, 0.29) is 18.3 Å². The number of hydrogen-bond donors (Lipinski definition) is 1. The molecule has 0 saturated carbocycles. The van der Waals surface area contributed by atoms with Gasteiger partial charge in [-0.3, -0.25) is 14.2 Å². The van der Waals surface area contributed by atoms with Crippen molar-refractivity contribution in [1.29, 1.82) is 0 Å². The zero-order chi connectivity index (χ0) is 21.8. The number of hydrogen-bond acceptors (Lipinski definition) is 5. The number of rotatable bonds is 7. The van der Waals surface area contributed by atoms with Gasteiger partial charge in [0, 0.05) is 34.2 Å². The highest BCUT2D eigenvalue weighted by Gasteiger charge is 2.19. The number of carbonyl (C=O) groups excluding carboxylic acids is 2. The van der Waals surface area contributed by atoms with Crippen LogP contribution in [-0.2, 0) is 0 Å². The summed E-state index contributed by atoms with van der Waals surface area (Å²) < 4.78 is 7.73. The van der Waals surface area contributed by atoms with Crippen LogP contribution in [-0.4, -0.2) is 27.8 Å². The molecular weight excluding hydrogens is 410 g/mol. The molecule has 31 heavy (non-hydrogen) atoms. The molecular formula is C24H21N3O3S. The van der Waals surface area contributed by atoms with Gasteiger partial charge in [0.15, 0.2) is 11.7 Å². The van der Waals surface area contributed by atoms with Crippen LogP contribution in [0, 0.1) is 13.8 Å². The fraction of sp³-hybridized carbons (Fsp3) is 0.125. The molecule has 0 atom stereocenters. The second-order valence-corrected chi connectivity index (χ2v) is 7.84. The molecule has 4 rings (SSSR count). The zero-order valence-corrected chi connectivity index (χ0v) is 18.0. The number of thiazole rings is 1. The highest BCUT2D eigenvalue weighted by atomic mass is 32.1. The Labute approximate surface area is 184 Å². The second kappa shape index (κ2) is 8.97. The molecule has 0 fully saturated rings. The lowest BCUT2D eigenvalue weighted by Gasteiger charge is -2.11. The Morgan fingerprint density at radius 1 is 1.03 bits per heavy atom. The van der Waals surface area contributed by atoms with Crippen LogP contribution >= 0.6 is 11.3 Å². The van der Waals surface area contributed by atoms with Gasteiger partial charge < -0.3 is 10.1 Å². The van der Waals surface area contributed by atoms with E-state index in [2.05, 4.69) is 10.3 Å². The molecule has 1 N–H and O–H groups in total. The Morgan fingerprint density at radius 2 is 1.77 bits per heavy atom. The van der Waals surface area contributed by atoms with E-state index in [1.165, 1.54) is 11.3 Å². The van der Waals surface area contributed by atoms with Crippen LogP contribution in [0.5, 0.6) is 5.75 Å². The topological polar surface area (TPSA) is 73.2 Å². The van der Waals surface area contributed by atoms with E-state index in [4.69, 9.17) is 4.74 Å². The molecule has 1 amide bonds. The largest absolute Gasteiger partial charge is 0.485 e. The Hall–Kier alpha value is -3.71. The monoisotopic (exact) mass is 431 g/mol. The molecule has 0 radical (unpaired) electrons. The van der Waals surface area contributed by atoms with Crippen molar-refractivity contribution in [2.75, 3.05) is 11.9 Å². The number of anilines is 1. The smallest absolute Gasteiger partial charge is 0.259 e. The Morgan fingerprint density at radius 3 is 2.52 bits per heavy atom. The number of carbonyl (C=O) groups is 2. The molecule has 0 bridgehead atoms. The van der Waals surface area contributed by atoms with Gasteiger partial charge in [-0.1, -0.05) is 30.3 Å². The molecule has 0 saturated heterocycles. The lowest BCUT2D eigenvalue weighted by Crippen LogP contribution is -2.17. The van der Waals surface area contributed by atoms with Crippen molar-refractivity contribution in [2.24, 2.45) is 0 Å². The molecule has 2 aromatic carbocycles. The third-order valence-corrected chi connectivity index (χ3v) is 5.62. The minimum atomic E-state index is -0.295. The number of aromatic nitrogens is 2. The predicted molar refractivity (Wildman–Crippen MR) is 122 cm³/mol. The maximum atomic E-state index is 12.9. The Balaban J connectivity index is 1.50. The van der Waals surface area contributed by atoms with Crippen molar-refractivity contribution in [2.45, 2.75) is 13.8 Å². The number of amides is 1. The van der Waals surface area contributed by atoms with Crippen LogP contribution in [0.2, 0.25) is 0 Å². The third-order valence-electron chi connectivity index (χ3n) is 4.86. The summed E-state index contributed by atoms with van der Waals surface area (Å²) in [6, 6.07) is 17.9. The lowest BCUT2D eigenvalue weighted by atomic mass is 10.1. The highest BCUT2D eigenvalue weighted by Crippen LogP contribution is 2.24. The number of ketones is 1. The van der Waals surface area contributed by atoms with Crippen molar-refractivity contribution in [1.82, 2.24) is 9.55 Å². The van der Waals surface area contributed by atoms with Crippen molar-refractivity contribution in [3.63, 3.8) is 0 Å². The summed E-state index contributed by atoms with van der Waals surface area (Å²) in [5.41, 5.74) is 3.38. The van der Waals surface area contributed by atoms with Gasteiger partial charge in [-0.05, 0) is 44.2 Å². The maximum Gasteiger partial charge on any atom is 0.259 e. The minimum Gasteiger partial charge on any atom is -0.485 e. The van der Waals surface area contributed by atoms with E-state index < -0.39 is 0 Å². The summed E-state index contributed by atoms with van der Waals surface area (Å²) in [4.78, 5) is 29.9. The van der Waals surface area contributed by atoms with Gasteiger partial charge in [-0.2, -0.15) is 0 Å². The van der Waals surface area contributed by atoms with Gasteiger partial charge in [-0.25, -0.2) is 4.98 Å². The SMILES string of the molecule is Cc1cc(C(=O)COc2ccccc2C(=O)Nc2ccccc2)c(C)n1-c1nccs1. The number of Topliss-reactive ketones (excluding diaryl/α,β-unsaturated/α-hetero) is 1. The van der Waals surface area contributed by atoms with E-state index in [1.807, 2.05) is 60.2 Å². The van der Waals surface area contributed by atoms with E-state index >= 15 is 0 Å². The average Bonchev–Trinajstić information content (AvgIpc) is 3.40. The van der Waals surface area contributed by atoms with E-state index in [9.17, 15) is 9.59 Å². The predicted octanol–water partition coefficient (Wildman–Crippen LogP) is 5.06. The average molecular weight is 432 g/mol. The molecule has 6 nitrogen and oxygen atoms in total. The van der Waals surface area contributed by atoms with Crippen LogP contribution in [0.15, 0.2) is 72.2 Å². The van der Waals surface area contributed by atoms with Crippen LogP contribution < -0.4 is 10.1 Å². The highest BCUT2D eigenvalue weighted by molar-refractivity contribution is 7.12. The van der Waals surface area contributed by atoms with E-state index in [0.717, 1.165) is 16.5 Å². The zero-order valence-electron chi connectivity index (χ0n) is 17.2. The first-order chi connectivity index (χ1) is 15.0.